The summed E-state index contributed by atoms with van der Waals surface area (Å²) in [5.41, 5.74) is 9.24. The van der Waals surface area contributed by atoms with E-state index in [9.17, 15) is 0 Å². The van der Waals surface area contributed by atoms with Crippen LogP contribution in [0.2, 0.25) is 0 Å². The number of rotatable bonds is 2. The number of nitrogens with zero attached hydrogens (tertiary/aromatic N) is 3. The summed E-state index contributed by atoms with van der Waals surface area (Å²) in [6, 6.07) is 11.6. The summed E-state index contributed by atoms with van der Waals surface area (Å²) in [7, 11) is 0. The molecule has 3 aromatic rings. The molecule has 2 N–H and O–H groups in total. The number of hydrogen-bond acceptors (Lipinski definition) is 5. The first-order valence-corrected chi connectivity index (χ1v) is 6.28. The number of benzene rings is 1. The minimum Gasteiger partial charge on any atom is -0.384 e. The van der Waals surface area contributed by atoms with Crippen LogP contribution in [-0.2, 0) is 0 Å². The summed E-state index contributed by atoms with van der Waals surface area (Å²) in [5.74, 6) is 1.65. The van der Waals surface area contributed by atoms with E-state index in [1.54, 1.807) is 6.07 Å². The third-order valence-corrected chi connectivity index (χ3v) is 3.07. The monoisotopic (exact) mass is 266 g/mol. The van der Waals surface area contributed by atoms with Gasteiger partial charge in [-0.25, -0.2) is 9.97 Å². The number of hydrogen-bond donors (Lipinski definition) is 1. The zero-order valence-corrected chi connectivity index (χ0v) is 11.3. The van der Waals surface area contributed by atoms with Crippen molar-refractivity contribution in [3.05, 3.63) is 47.9 Å². The highest BCUT2D eigenvalue weighted by Gasteiger charge is 2.16. The van der Waals surface area contributed by atoms with Crippen LogP contribution < -0.4 is 5.73 Å². The Kier molecular flexibility index (Phi) is 2.95. The predicted molar refractivity (Wildman–Crippen MR) is 76.9 cm³/mol. The van der Waals surface area contributed by atoms with Gasteiger partial charge < -0.3 is 10.3 Å². The van der Waals surface area contributed by atoms with Crippen LogP contribution in [0.4, 0.5) is 5.82 Å². The van der Waals surface area contributed by atoms with Gasteiger partial charge >= 0.3 is 0 Å². The first kappa shape index (κ1) is 12.3. The lowest BCUT2D eigenvalue weighted by molar-refractivity contribution is 0.393. The van der Waals surface area contributed by atoms with Gasteiger partial charge in [0.1, 0.15) is 11.6 Å². The second kappa shape index (κ2) is 4.77. The topological polar surface area (TPSA) is 77.8 Å². The summed E-state index contributed by atoms with van der Waals surface area (Å²) in [5, 5.41) is 3.93. The maximum Gasteiger partial charge on any atom is 0.167 e. The van der Waals surface area contributed by atoms with Gasteiger partial charge in [0.2, 0.25) is 0 Å². The molecule has 0 spiro atoms. The van der Waals surface area contributed by atoms with E-state index in [1.165, 1.54) is 0 Å². The molecule has 0 bridgehead atoms. The Hall–Kier alpha value is -2.69. The SMILES string of the molecule is Cc1noc(C)c1-c1nc(N)cc(-c2ccccc2)n1. The molecule has 0 aliphatic carbocycles. The molecule has 0 amide bonds. The molecule has 0 radical (unpaired) electrons. The molecular weight excluding hydrogens is 252 g/mol. The molecule has 0 fully saturated rings. The molecule has 5 heteroatoms. The quantitative estimate of drug-likeness (QED) is 0.771. The van der Waals surface area contributed by atoms with Crippen LogP contribution in [0.1, 0.15) is 11.5 Å². The molecule has 20 heavy (non-hydrogen) atoms. The van der Waals surface area contributed by atoms with Crippen LogP contribution in [0.15, 0.2) is 40.9 Å². The fourth-order valence-electron chi connectivity index (χ4n) is 2.14. The van der Waals surface area contributed by atoms with Crippen molar-refractivity contribution in [1.29, 1.82) is 0 Å². The van der Waals surface area contributed by atoms with Crippen molar-refractivity contribution in [1.82, 2.24) is 15.1 Å². The fourth-order valence-corrected chi connectivity index (χ4v) is 2.14. The van der Waals surface area contributed by atoms with Crippen LogP contribution in [0.3, 0.4) is 0 Å². The highest BCUT2D eigenvalue weighted by molar-refractivity contribution is 5.68. The van der Waals surface area contributed by atoms with Gasteiger partial charge in [-0.05, 0) is 13.8 Å². The lowest BCUT2D eigenvalue weighted by atomic mass is 10.1. The Balaban J connectivity index is 2.17. The van der Waals surface area contributed by atoms with Crippen molar-refractivity contribution in [2.45, 2.75) is 13.8 Å². The maximum atomic E-state index is 5.90. The Bertz CT molecular complexity index is 730. The number of nitrogens with two attached hydrogens (primary N) is 1. The van der Waals surface area contributed by atoms with Crippen LogP contribution in [0, 0.1) is 13.8 Å². The summed E-state index contributed by atoms with van der Waals surface area (Å²) in [6.07, 6.45) is 0. The molecular formula is C15H14N4O. The van der Waals surface area contributed by atoms with E-state index >= 15 is 0 Å². The van der Waals surface area contributed by atoms with Crippen LogP contribution >= 0.6 is 0 Å². The fraction of sp³-hybridized carbons (Fsp3) is 0.133. The molecule has 0 unspecified atom stereocenters. The molecule has 2 heterocycles. The van der Waals surface area contributed by atoms with E-state index < -0.39 is 0 Å². The van der Waals surface area contributed by atoms with Gasteiger partial charge in [0.15, 0.2) is 5.82 Å². The lowest BCUT2D eigenvalue weighted by Crippen LogP contribution is -1.99. The predicted octanol–water partition coefficient (Wildman–Crippen LogP) is 3.00. The van der Waals surface area contributed by atoms with Gasteiger partial charge in [0.25, 0.3) is 0 Å². The highest BCUT2D eigenvalue weighted by Crippen LogP contribution is 2.27. The third kappa shape index (κ3) is 2.14. The van der Waals surface area contributed by atoms with Crippen molar-refractivity contribution in [2.24, 2.45) is 0 Å². The van der Waals surface area contributed by atoms with E-state index in [2.05, 4.69) is 15.1 Å². The first-order valence-electron chi connectivity index (χ1n) is 6.28. The molecule has 2 aromatic heterocycles. The zero-order chi connectivity index (χ0) is 14.1. The maximum absolute atomic E-state index is 5.90. The van der Waals surface area contributed by atoms with Crippen LogP contribution in [-0.4, -0.2) is 15.1 Å². The standard InChI is InChI=1S/C15H14N4O/c1-9-14(10(2)20-19-9)15-17-12(8-13(16)18-15)11-6-4-3-5-7-11/h3-8H,1-2H3,(H2,16,17,18). The van der Waals surface area contributed by atoms with Crippen molar-refractivity contribution in [2.75, 3.05) is 5.73 Å². The Labute approximate surface area is 116 Å². The molecule has 0 aliphatic rings. The third-order valence-electron chi connectivity index (χ3n) is 3.07. The van der Waals surface area contributed by atoms with Gasteiger partial charge in [-0.2, -0.15) is 0 Å². The van der Waals surface area contributed by atoms with E-state index in [1.807, 2.05) is 44.2 Å². The summed E-state index contributed by atoms with van der Waals surface area (Å²) in [4.78, 5) is 8.87. The van der Waals surface area contributed by atoms with E-state index in [4.69, 9.17) is 10.3 Å². The average Bonchev–Trinajstić information content (AvgIpc) is 2.78. The zero-order valence-electron chi connectivity index (χ0n) is 11.3. The second-order valence-electron chi connectivity index (χ2n) is 4.57. The Morgan fingerprint density at radius 1 is 1.05 bits per heavy atom. The first-order chi connectivity index (χ1) is 9.65. The number of nitrogen functional groups attached to an aromatic ring is 1. The smallest absolute Gasteiger partial charge is 0.167 e. The molecule has 0 atom stereocenters. The second-order valence-corrected chi connectivity index (χ2v) is 4.57. The van der Waals surface area contributed by atoms with E-state index in [0.29, 0.717) is 17.4 Å². The molecule has 1 aromatic carbocycles. The minimum atomic E-state index is 0.425. The number of aromatic nitrogens is 3. The number of aryl methyl sites for hydroxylation is 2. The molecule has 3 rings (SSSR count). The van der Waals surface area contributed by atoms with E-state index in [-0.39, 0.29) is 0 Å². The van der Waals surface area contributed by atoms with Crippen molar-refractivity contribution >= 4 is 5.82 Å². The van der Waals surface area contributed by atoms with Gasteiger partial charge in [-0.3, -0.25) is 0 Å². The van der Waals surface area contributed by atoms with Gasteiger partial charge in [-0.15, -0.1) is 0 Å². The summed E-state index contributed by atoms with van der Waals surface area (Å²) < 4.78 is 5.16. The normalized spacial score (nSPS) is 10.7. The van der Waals surface area contributed by atoms with Crippen molar-refractivity contribution in [3.8, 4) is 22.6 Å². The number of anilines is 1. The van der Waals surface area contributed by atoms with Gasteiger partial charge in [-0.1, -0.05) is 35.5 Å². The van der Waals surface area contributed by atoms with Crippen LogP contribution in [0.25, 0.3) is 22.6 Å². The average molecular weight is 266 g/mol. The Morgan fingerprint density at radius 2 is 1.80 bits per heavy atom. The van der Waals surface area contributed by atoms with Gasteiger partial charge in [0, 0.05) is 11.6 Å². The minimum absolute atomic E-state index is 0.425. The van der Waals surface area contributed by atoms with Crippen molar-refractivity contribution < 1.29 is 4.52 Å². The van der Waals surface area contributed by atoms with E-state index in [0.717, 1.165) is 22.5 Å². The molecule has 100 valence electrons. The molecule has 5 nitrogen and oxygen atoms in total. The lowest BCUT2D eigenvalue weighted by Gasteiger charge is -2.05. The van der Waals surface area contributed by atoms with Crippen LogP contribution in [0.5, 0.6) is 0 Å². The highest BCUT2D eigenvalue weighted by atomic mass is 16.5. The van der Waals surface area contributed by atoms with Gasteiger partial charge in [0.05, 0.1) is 17.0 Å². The molecule has 0 saturated heterocycles. The van der Waals surface area contributed by atoms with Crippen molar-refractivity contribution in [3.63, 3.8) is 0 Å². The largest absolute Gasteiger partial charge is 0.384 e. The molecule has 0 saturated carbocycles. The summed E-state index contributed by atoms with van der Waals surface area (Å²) >= 11 is 0. The molecule has 0 aliphatic heterocycles. The Morgan fingerprint density at radius 3 is 2.45 bits per heavy atom. The summed E-state index contributed by atoms with van der Waals surface area (Å²) in [6.45, 7) is 3.70.